The number of nitrogens with zero attached hydrogens (tertiary/aromatic N) is 2. The lowest BCUT2D eigenvalue weighted by Crippen LogP contribution is -2.26. The Morgan fingerprint density at radius 1 is 1.35 bits per heavy atom. The Kier molecular flexibility index (Phi) is 4.31. The third-order valence-corrected chi connectivity index (χ3v) is 3.39. The van der Waals surface area contributed by atoms with Gasteiger partial charge < -0.3 is 10.1 Å². The van der Waals surface area contributed by atoms with Crippen LogP contribution in [-0.2, 0) is 0 Å². The molecule has 0 radical (unpaired) electrons. The van der Waals surface area contributed by atoms with Crippen LogP contribution in [0.1, 0.15) is 44.2 Å². The van der Waals surface area contributed by atoms with Gasteiger partial charge in [-0.2, -0.15) is 0 Å². The number of rotatable bonds is 5. The molecule has 0 spiro atoms. The highest BCUT2D eigenvalue weighted by Crippen LogP contribution is 2.36. The Morgan fingerprint density at radius 3 is 2.94 bits per heavy atom. The van der Waals surface area contributed by atoms with Gasteiger partial charge in [0.2, 0.25) is 5.88 Å². The molecule has 1 aromatic rings. The molecule has 1 heterocycles. The first-order valence-electron chi connectivity index (χ1n) is 6.43. The largest absolute Gasteiger partial charge is 0.480 e. The molecule has 1 N–H and O–H groups in total. The van der Waals surface area contributed by atoms with E-state index in [2.05, 4.69) is 22.2 Å². The van der Waals surface area contributed by atoms with Crippen molar-refractivity contribution in [2.75, 3.05) is 13.7 Å². The fourth-order valence-corrected chi connectivity index (χ4v) is 2.54. The van der Waals surface area contributed by atoms with E-state index in [1.54, 1.807) is 19.5 Å². The minimum Gasteiger partial charge on any atom is -0.480 e. The van der Waals surface area contributed by atoms with Crippen molar-refractivity contribution in [2.45, 2.75) is 44.6 Å². The Morgan fingerprint density at radius 2 is 2.18 bits per heavy atom. The van der Waals surface area contributed by atoms with Gasteiger partial charge in [-0.3, -0.25) is 4.98 Å². The van der Waals surface area contributed by atoms with Gasteiger partial charge in [0, 0.05) is 24.4 Å². The Hall–Kier alpha value is -1.16. The Bertz CT molecular complexity index is 356. The van der Waals surface area contributed by atoms with Crippen LogP contribution in [0.4, 0.5) is 0 Å². The number of hydrogen-bond donors (Lipinski definition) is 1. The highest BCUT2D eigenvalue weighted by Gasteiger charge is 2.28. The summed E-state index contributed by atoms with van der Waals surface area (Å²) in [7, 11) is 1.66. The molecule has 0 aliphatic heterocycles. The van der Waals surface area contributed by atoms with Crippen molar-refractivity contribution in [3.63, 3.8) is 0 Å². The maximum absolute atomic E-state index is 5.28. The van der Waals surface area contributed by atoms with E-state index < -0.39 is 0 Å². The van der Waals surface area contributed by atoms with E-state index in [4.69, 9.17) is 4.74 Å². The number of aromatic nitrogens is 2. The number of nitrogens with one attached hydrogen (secondary N) is 1. The first kappa shape index (κ1) is 12.3. The van der Waals surface area contributed by atoms with Crippen molar-refractivity contribution in [3.05, 3.63) is 18.1 Å². The van der Waals surface area contributed by atoms with Crippen molar-refractivity contribution in [2.24, 2.45) is 0 Å². The summed E-state index contributed by atoms with van der Waals surface area (Å²) in [5, 5.41) is 3.58. The van der Waals surface area contributed by atoms with Gasteiger partial charge in [0.1, 0.15) is 5.69 Å². The smallest absolute Gasteiger partial charge is 0.235 e. The van der Waals surface area contributed by atoms with E-state index in [0.717, 1.165) is 18.7 Å². The van der Waals surface area contributed by atoms with Crippen molar-refractivity contribution >= 4 is 0 Å². The van der Waals surface area contributed by atoms with Crippen molar-refractivity contribution < 1.29 is 4.74 Å². The third kappa shape index (κ3) is 2.94. The topological polar surface area (TPSA) is 47.0 Å². The van der Waals surface area contributed by atoms with E-state index in [1.807, 2.05) is 0 Å². The molecule has 4 nitrogen and oxygen atoms in total. The molecule has 0 aromatic carbocycles. The molecule has 1 saturated carbocycles. The van der Waals surface area contributed by atoms with Crippen LogP contribution in [0.2, 0.25) is 0 Å². The van der Waals surface area contributed by atoms with Gasteiger partial charge in [-0.15, -0.1) is 0 Å². The lowest BCUT2D eigenvalue weighted by Gasteiger charge is -2.13. The molecule has 4 heteroatoms. The summed E-state index contributed by atoms with van der Waals surface area (Å²) in [6, 6.07) is 0.631. The zero-order valence-electron chi connectivity index (χ0n) is 10.6. The molecule has 1 fully saturated rings. The van der Waals surface area contributed by atoms with E-state index in [0.29, 0.717) is 17.8 Å². The maximum atomic E-state index is 5.28. The van der Waals surface area contributed by atoms with Gasteiger partial charge in [-0.1, -0.05) is 6.92 Å². The minimum absolute atomic E-state index is 0.494. The molecule has 2 unspecified atom stereocenters. The van der Waals surface area contributed by atoms with Crippen LogP contribution in [0.25, 0.3) is 0 Å². The quantitative estimate of drug-likeness (QED) is 0.849. The van der Waals surface area contributed by atoms with Crippen LogP contribution in [0, 0.1) is 0 Å². The zero-order valence-corrected chi connectivity index (χ0v) is 10.6. The van der Waals surface area contributed by atoms with Gasteiger partial charge in [0.25, 0.3) is 0 Å². The highest BCUT2D eigenvalue weighted by atomic mass is 16.5. The monoisotopic (exact) mass is 235 g/mol. The molecule has 2 rings (SSSR count). The zero-order chi connectivity index (χ0) is 12.1. The van der Waals surface area contributed by atoms with Gasteiger partial charge in [-0.05, 0) is 32.2 Å². The molecule has 0 saturated heterocycles. The molecule has 1 aromatic heterocycles. The maximum Gasteiger partial charge on any atom is 0.235 e. The average Bonchev–Trinajstić information content (AvgIpc) is 2.85. The Labute approximate surface area is 103 Å². The highest BCUT2D eigenvalue weighted by molar-refractivity contribution is 5.23. The molecule has 17 heavy (non-hydrogen) atoms. The van der Waals surface area contributed by atoms with Crippen molar-refractivity contribution in [1.82, 2.24) is 15.3 Å². The molecular formula is C13H21N3O. The van der Waals surface area contributed by atoms with Crippen LogP contribution in [0.5, 0.6) is 5.88 Å². The molecule has 94 valence electrons. The first-order valence-corrected chi connectivity index (χ1v) is 6.43. The second kappa shape index (κ2) is 5.96. The molecule has 1 aliphatic carbocycles. The normalized spacial score (nSPS) is 23.9. The van der Waals surface area contributed by atoms with Gasteiger partial charge in [0.05, 0.1) is 7.11 Å². The fraction of sp³-hybridized carbons (Fsp3) is 0.692. The summed E-state index contributed by atoms with van der Waals surface area (Å²) in [4.78, 5) is 8.65. The van der Waals surface area contributed by atoms with E-state index >= 15 is 0 Å². The fourth-order valence-electron chi connectivity index (χ4n) is 2.54. The lowest BCUT2D eigenvalue weighted by molar-refractivity contribution is 0.383. The second-order valence-corrected chi connectivity index (χ2v) is 4.61. The predicted molar refractivity (Wildman–Crippen MR) is 67.3 cm³/mol. The molecule has 1 aliphatic rings. The summed E-state index contributed by atoms with van der Waals surface area (Å²) in [6.45, 7) is 3.31. The van der Waals surface area contributed by atoms with E-state index in [-0.39, 0.29) is 0 Å². The summed E-state index contributed by atoms with van der Waals surface area (Å²) in [5.41, 5.74) is 1.02. The summed E-state index contributed by atoms with van der Waals surface area (Å²) in [5.74, 6) is 1.18. The molecule has 0 bridgehead atoms. The van der Waals surface area contributed by atoms with Crippen LogP contribution in [-0.4, -0.2) is 29.7 Å². The van der Waals surface area contributed by atoms with Gasteiger partial charge in [0.15, 0.2) is 0 Å². The SMILES string of the molecule is CCCNC1CCC(c2nccnc2OC)C1. The summed E-state index contributed by atoms with van der Waals surface area (Å²) < 4.78 is 5.28. The summed E-state index contributed by atoms with van der Waals surface area (Å²) in [6.07, 6.45) is 8.18. The molecule has 0 amide bonds. The number of ether oxygens (including phenoxy) is 1. The van der Waals surface area contributed by atoms with Gasteiger partial charge >= 0.3 is 0 Å². The summed E-state index contributed by atoms with van der Waals surface area (Å²) >= 11 is 0. The van der Waals surface area contributed by atoms with E-state index in [1.165, 1.54) is 19.3 Å². The minimum atomic E-state index is 0.494. The van der Waals surface area contributed by atoms with E-state index in [9.17, 15) is 0 Å². The van der Waals surface area contributed by atoms with Crippen LogP contribution in [0.15, 0.2) is 12.4 Å². The second-order valence-electron chi connectivity index (χ2n) is 4.61. The standard InChI is InChI=1S/C13H21N3O/c1-3-6-14-11-5-4-10(9-11)12-13(17-2)16-8-7-15-12/h7-8,10-11,14H,3-6,9H2,1-2H3. The third-order valence-electron chi connectivity index (χ3n) is 3.39. The Balaban J connectivity index is 1.99. The van der Waals surface area contributed by atoms with Crippen molar-refractivity contribution in [1.29, 1.82) is 0 Å². The molecule has 2 atom stereocenters. The van der Waals surface area contributed by atoms with Crippen LogP contribution >= 0.6 is 0 Å². The predicted octanol–water partition coefficient (Wildman–Crippen LogP) is 2.12. The van der Waals surface area contributed by atoms with Crippen LogP contribution in [0.3, 0.4) is 0 Å². The first-order chi connectivity index (χ1) is 8.35. The number of methoxy groups -OCH3 is 1. The lowest BCUT2D eigenvalue weighted by atomic mass is 10.0. The number of hydrogen-bond acceptors (Lipinski definition) is 4. The van der Waals surface area contributed by atoms with Gasteiger partial charge in [-0.25, -0.2) is 4.98 Å². The van der Waals surface area contributed by atoms with Crippen molar-refractivity contribution in [3.8, 4) is 5.88 Å². The van der Waals surface area contributed by atoms with Crippen LogP contribution < -0.4 is 10.1 Å². The molecular weight excluding hydrogens is 214 g/mol. The average molecular weight is 235 g/mol.